The zero-order valence-electron chi connectivity index (χ0n) is 13.1. The summed E-state index contributed by atoms with van der Waals surface area (Å²) in [4.78, 5) is 18.6. The van der Waals surface area contributed by atoms with Crippen LogP contribution in [-0.2, 0) is 4.79 Å². The molecule has 23 heavy (non-hydrogen) atoms. The minimum atomic E-state index is -0.373. The zero-order valence-corrected chi connectivity index (χ0v) is 13.8. The number of hydrogen-bond donors (Lipinski definition) is 0. The van der Waals surface area contributed by atoms with Gasteiger partial charge >= 0.3 is 0 Å². The number of amides is 1. The molecule has 1 aliphatic rings. The number of carbonyl (C=O) groups excluding carboxylic acids is 1. The molecule has 2 heterocycles. The Labute approximate surface area is 139 Å². The van der Waals surface area contributed by atoms with Gasteiger partial charge in [-0.05, 0) is 31.0 Å². The number of ether oxygens (including phenoxy) is 1. The van der Waals surface area contributed by atoms with Crippen molar-refractivity contribution < 1.29 is 14.1 Å². The number of likely N-dealkylation sites (tertiary alicyclic amines) is 1. The first-order valence-corrected chi connectivity index (χ1v) is 7.90. The van der Waals surface area contributed by atoms with Crippen molar-refractivity contribution in [2.75, 3.05) is 20.7 Å². The maximum Gasteiger partial charge on any atom is 0.239 e. The Hall–Kier alpha value is -2.08. The van der Waals surface area contributed by atoms with E-state index in [1.54, 1.807) is 37.3 Å². The van der Waals surface area contributed by atoms with E-state index in [0.717, 1.165) is 25.8 Å². The molecule has 0 bridgehead atoms. The fourth-order valence-corrected chi connectivity index (χ4v) is 2.92. The molecule has 6 nitrogen and oxygen atoms in total. The number of likely N-dealkylation sites (N-methyl/N-ethyl adjacent to an activating group) is 1. The molecule has 0 saturated carbocycles. The van der Waals surface area contributed by atoms with Crippen molar-refractivity contribution >= 4 is 17.5 Å². The molecule has 1 unspecified atom stereocenters. The van der Waals surface area contributed by atoms with Gasteiger partial charge in [-0.15, -0.1) is 0 Å². The van der Waals surface area contributed by atoms with Crippen LogP contribution in [0.5, 0.6) is 5.75 Å². The highest BCUT2D eigenvalue weighted by Gasteiger charge is 2.31. The number of aromatic nitrogens is 2. The molecule has 122 valence electrons. The molecule has 0 N–H and O–H groups in total. The Morgan fingerprint density at radius 1 is 1.39 bits per heavy atom. The van der Waals surface area contributed by atoms with Crippen LogP contribution in [0.1, 0.15) is 31.1 Å². The Balaban J connectivity index is 1.93. The molecule has 1 fully saturated rings. The predicted molar refractivity (Wildman–Crippen MR) is 85.5 cm³/mol. The Morgan fingerprint density at radius 2 is 2.22 bits per heavy atom. The van der Waals surface area contributed by atoms with Crippen LogP contribution < -0.4 is 4.74 Å². The molecule has 7 heteroatoms. The van der Waals surface area contributed by atoms with Crippen LogP contribution >= 0.6 is 11.6 Å². The van der Waals surface area contributed by atoms with Crippen LogP contribution in [0.4, 0.5) is 0 Å². The molecule has 1 aliphatic heterocycles. The highest BCUT2D eigenvalue weighted by molar-refractivity contribution is 6.30. The molecule has 1 saturated heterocycles. The summed E-state index contributed by atoms with van der Waals surface area (Å²) >= 11 is 5.97. The highest BCUT2D eigenvalue weighted by Crippen LogP contribution is 2.33. The van der Waals surface area contributed by atoms with E-state index in [1.165, 1.54) is 0 Å². The lowest BCUT2D eigenvalue weighted by atomic mass is 10.0. The van der Waals surface area contributed by atoms with Crippen LogP contribution in [0.15, 0.2) is 22.7 Å². The average Bonchev–Trinajstić information content (AvgIpc) is 2.96. The van der Waals surface area contributed by atoms with Crippen molar-refractivity contribution in [3.63, 3.8) is 0 Å². The van der Waals surface area contributed by atoms with Crippen LogP contribution in [0.3, 0.4) is 0 Å². The van der Waals surface area contributed by atoms with E-state index in [0.29, 0.717) is 28.1 Å². The lowest BCUT2D eigenvalue weighted by Gasteiger charge is -2.16. The second-order valence-electron chi connectivity index (χ2n) is 5.61. The number of nitrogens with zero attached hydrogens (tertiary/aromatic N) is 3. The highest BCUT2D eigenvalue weighted by atomic mass is 35.5. The largest absolute Gasteiger partial charge is 0.496 e. The molecule has 0 radical (unpaired) electrons. The topological polar surface area (TPSA) is 68.5 Å². The Bertz CT molecular complexity index is 716. The SMILES string of the molecule is COc1cc(Cl)ccc1-c1noc(C2CCCCN(C)C2=O)n1. The normalized spacial score (nSPS) is 18.8. The average molecular weight is 336 g/mol. The van der Waals surface area contributed by atoms with Crippen molar-refractivity contribution in [1.82, 2.24) is 15.0 Å². The molecule has 3 rings (SSSR count). The zero-order chi connectivity index (χ0) is 16.4. The standard InChI is InChI=1S/C16H18ClN3O3/c1-20-8-4-3-5-12(16(20)21)15-18-14(19-23-15)11-7-6-10(17)9-13(11)22-2/h6-7,9,12H,3-5,8H2,1-2H3. The number of hydrogen-bond acceptors (Lipinski definition) is 5. The Kier molecular flexibility index (Phi) is 4.52. The van der Waals surface area contributed by atoms with Gasteiger partial charge in [0.2, 0.25) is 17.6 Å². The van der Waals surface area contributed by atoms with E-state index in [4.69, 9.17) is 20.9 Å². The van der Waals surface area contributed by atoms with Crippen molar-refractivity contribution in [2.45, 2.75) is 25.2 Å². The number of carbonyl (C=O) groups is 1. The molecule has 1 aromatic heterocycles. The second-order valence-corrected chi connectivity index (χ2v) is 6.05. The molecule has 1 atom stereocenters. The third kappa shape index (κ3) is 3.17. The van der Waals surface area contributed by atoms with Gasteiger partial charge in [0, 0.05) is 18.6 Å². The molecular weight excluding hydrogens is 318 g/mol. The van der Waals surface area contributed by atoms with E-state index >= 15 is 0 Å². The summed E-state index contributed by atoms with van der Waals surface area (Å²) in [6, 6.07) is 5.20. The van der Waals surface area contributed by atoms with Crippen molar-refractivity contribution in [2.24, 2.45) is 0 Å². The van der Waals surface area contributed by atoms with Crippen LogP contribution in [0, 0.1) is 0 Å². The first kappa shape index (κ1) is 15.8. The third-order valence-electron chi connectivity index (χ3n) is 4.05. The van der Waals surface area contributed by atoms with Crippen LogP contribution in [0.25, 0.3) is 11.4 Å². The van der Waals surface area contributed by atoms with Crippen LogP contribution in [-0.4, -0.2) is 41.6 Å². The summed E-state index contributed by atoms with van der Waals surface area (Å²) in [5.41, 5.74) is 0.682. The van der Waals surface area contributed by atoms with Gasteiger partial charge in [0.15, 0.2) is 0 Å². The van der Waals surface area contributed by atoms with E-state index in [-0.39, 0.29) is 11.8 Å². The Morgan fingerprint density at radius 3 is 3.00 bits per heavy atom. The van der Waals surface area contributed by atoms with Gasteiger partial charge in [0.1, 0.15) is 11.7 Å². The molecule has 1 amide bonds. The maximum absolute atomic E-state index is 12.4. The van der Waals surface area contributed by atoms with Crippen molar-refractivity contribution in [3.05, 3.63) is 29.1 Å². The van der Waals surface area contributed by atoms with E-state index in [9.17, 15) is 4.79 Å². The quantitative estimate of drug-likeness (QED) is 0.862. The molecule has 2 aromatic rings. The number of benzene rings is 1. The maximum atomic E-state index is 12.4. The fourth-order valence-electron chi connectivity index (χ4n) is 2.76. The molecular formula is C16H18ClN3O3. The number of methoxy groups -OCH3 is 1. The smallest absolute Gasteiger partial charge is 0.239 e. The first-order valence-electron chi connectivity index (χ1n) is 7.52. The summed E-state index contributed by atoms with van der Waals surface area (Å²) in [6.45, 7) is 0.765. The van der Waals surface area contributed by atoms with Gasteiger partial charge in [-0.25, -0.2) is 0 Å². The van der Waals surface area contributed by atoms with Gasteiger partial charge < -0.3 is 14.2 Å². The van der Waals surface area contributed by atoms with Gasteiger partial charge in [0.05, 0.1) is 12.7 Å². The van der Waals surface area contributed by atoms with E-state index < -0.39 is 0 Å². The lowest BCUT2D eigenvalue weighted by Crippen LogP contribution is -2.30. The first-order chi connectivity index (χ1) is 11.1. The summed E-state index contributed by atoms with van der Waals surface area (Å²) < 4.78 is 10.7. The summed E-state index contributed by atoms with van der Waals surface area (Å²) in [7, 11) is 3.36. The van der Waals surface area contributed by atoms with Gasteiger partial charge in [-0.2, -0.15) is 4.98 Å². The monoisotopic (exact) mass is 335 g/mol. The van der Waals surface area contributed by atoms with Gasteiger partial charge in [-0.1, -0.05) is 23.2 Å². The summed E-state index contributed by atoms with van der Waals surface area (Å²) in [6.07, 6.45) is 2.68. The summed E-state index contributed by atoms with van der Waals surface area (Å²) in [5.74, 6) is 0.973. The van der Waals surface area contributed by atoms with E-state index in [2.05, 4.69) is 10.1 Å². The predicted octanol–water partition coefficient (Wildman–Crippen LogP) is 3.12. The van der Waals surface area contributed by atoms with Gasteiger partial charge in [-0.3, -0.25) is 4.79 Å². The lowest BCUT2D eigenvalue weighted by molar-refractivity contribution is -0.131. The third-order valence-corrected chi connectivity index (χ3v) is 4.29. The minimum Gasteiger partial charge on any atom is -0.496 e. The molecule has 0 spiro atoms. The van der Waals surface area contributed by atoms with Crippen LogP contribution in [0.2, 0.25) is 5.02 Å². The molecule has 1 aromatic carbocycles. The van der Waals surface area contributed by atoms with E-state index in [1.807, 2.05) is 0 Å². The fraction of sp³-hybridized carbons (Fsp3) is 0.438. The minimum absolute atomic E-state index is 0.0285. The number of rotatable bonds is 3. The molecule has 0 aliphatic carbocycles. The summed E-state index contributed by atoms with van der Waals surface area (Å²) in [5, 5.41) is 4.57. The van der Waals surface area contributed by atoms with Crippen molar-refractivity contribution in [1.29, 1.82) is 0 Å². The van der Waals surface area contributed by atoms with Gasteiger partial charge in [0.25, 0.3) is 0 Å². The second kappa shape index (κ2) is 6.58. The van der Waals surface area contributed by atoms with Crippen molar-refractivity contribution in [3.8, 4) is 17.1 Å². The number of halogens is 1.